The second kappa shape index (κ2) is 8.67. The largest absolute Gasteiger partial charge is 0.350 e. The number of anilines is 1. The summed E-state index contributed by atoms with van der Waals surface area (Å²) in [6.07, 6.45) is 4.26. The number of nitrogens with one attached hydrogen (secondary N) is 3. The molecule has 6 nitrogen and oxygen atoms in total. The number of aromatic nitrogens is 1. The van der Waals surface area contributed by atoms with E-state index in [1.54, 1.807) is 36.7 Å². The minimum absolute atomic E-state index is 0.114. The van der Waals surface area contributed by atoms with E-state index in [4.69, 9.17) is 0 Å². The summed E-state index contributed by atoms with van der Waals surface area (Å²) < 4.78 is 0. The van der Waals surface area contributed by atoms with Gasteiger partial charge in [-0.05, 0) is 49.2 Å². The number of urea groups is 1. The summed E-state index contributed by atoms with van der Waals surface area (Å²) in [5.74, 6) is -0.114. The average Bonchev–Trinajstić information content (AvgIpc) is 2.61. The van der Waals surface area contributed by atoms with E-state index < -0.39 is 0 Å². The molecule has 24 heavy (non-hydrogen) atoms. The van der Waals surface area contributed by atoms with Crippen molar-refractivity contribution < 1.29 is 9.59 Å². The number of nitrogens with zero attached hydrogens (tertiary/aromatic N) is 1. The first-order valence-electron chi connectivity index (χ1n) is 7.93. The summed E-state index contributed by atoms with van der Waals surface area (Å²) in [6, 6.07) is 10.3. The Morgan fingerprint density at radius 2 is 1.92 bits per heavy atom. The van der Waals surface area contributed by atoms with Crippen molar-refractivity contribution in [2.45, 2.75) is 32.9 Å². The van der Waals surface area contributed by atoms with Crippen molar-refractivity contribution in [1.29, 1.82) is 0 Å². The van der Waals surface area contributed by atoms with Crippen molar-refractivity contribution in [2.75, 3.05) is 5.32 Å². The van der Waals surface area contributed by atoms with Crippen LogP contribution < -0.4 is 16.0 Å². The molecule has 0 radical (unpaired) electrons. The molecule has 0 fully saturated rings. The lowest BCUT2D eigenvalue weighted by atomic mass is 10.1. The summed E-state index contributed by atoms with van der Waals surface area (Å²) in [7, 11) is 0. The standard InChI is InChI=1S/C18H22N4O2/c1-3-13(2)21-17(23)15-6-8-16(9-7-15)22-18(24)20-12-14-5-4-10-19-11-14/h4-11,13H,3,12H2,1-2H3,(H,21,23)(H2,20,22,24)/t13-/m0/s1. The molecule has 1 atom stereocenters. The van der Waals surface area contributed by atoms with E-state index in [1.165, 1.54) is 0 Å². The van der Waals surface area contributed by atoms with Crippen LogP contribution in [0.25, 0.3) is 0 Å². The van der Waals surface area contributed by atoms with Gasteiger partial charge in [0, 0.05) is 36.2 Å². The lowest BCUT2D eigenvalue weighted by Gasteiger charge is -2.12. The van der Waals surface area contributed by atoms with Crippen molar-refractivity contribution in [3.63, 3.8) is 0 Å². The van der Waals surface area contributed by atoms with Crippen molar-refractivity contribution in [3.8, 4) is 0 Å². The second-order valence-electron chi connectivity index (χ2n) is 5.53. The van der Waals surface area contributed by atoms with Crippen molar-refractivity contribution in [1.82, 2.24) is 15.6 Å². The normalized spacial score (nSPS) is 11.4. The summed E-state index contributed by atoms with van der Waals surface area (Å²) in [6.45, 7) is 4.37. The molecule has 1 aromatic carbocycles. The molecule has 0 saturated heterocycles. The summed E-state index contributed by atoms with van der Waals surface area (Å²) >= 11 is 0. The molecule has 2 rings (SSSR count). The van der Waals surface area contributed by atoms with Gasteiger partial charge in [0.1, 0.15) is 0 Å². The van der Waals surface area contributed by atoms with Crippen molar-refractivity contribution in [2.24, 2.45) is 0 Å². The van der Waals surface area contributed by atoms with Gasteiger partial charge < -0.3 is 16.0 Å². The van der Waals surface area contributed by atoms with Crippen molar-refractivity contribution in [3.05, 3.63) is 59.9 Å². The molecule has 0 spiro atoms. The zero-order valence-corrected chi connectivity index (χ0v) is 13.9. The fraction of sp³-hybridized carbons (Fsp3) is 0.278. The number of amides is 3. The smallest absolute Gasteiger partial charge is 0.319 e. The Bertz CT molecular complexity index is 671. The van der Waals surface area contributed by atoms with E-state index in [2.05, 4.69) is 20.9 Å². The first kappa shape index (κ1) is 17.5. The van der Waals surface area contributed by atoms with Crippen LogP contribution in [0.4, 0.5) is 10.5 Å². The molecule has 0 aliphatic rings. The highest BCUT2D eigenvalue weighted by Gasteiger charge is 2.08. The molecule has 3 N–H and O–H groups in total. The highest BCUT2D eigenvalue weighted by Crippen LogP contribution is 2.10. The average molecular weight is 326 g/mol. The van der Waals surface area contributed by atoms with Crippen molar-refractivity contribution >= 4 is 17.6 Å². The zero-order chi connectivity index (χ0) is 17.4. The predicted octanol–water partition coefficient (Wildman–Crippen LogP) is 2.93. The molecule has 6 heteroatoms. The van der Waals surface area contributed by atoms with E-state index in [0.29, 0.717) is 17.8 Å². The van der Waals surface area contributed by atoms with Gasteiger partial charge in [-0.3, -0.25) is 9.78 Å². The number of pyridine rings is 1. The lowest BCUT2D eigenvalue weighted by molar-refractivity contribution is 0.0939. The Morgan fingerprint density at radius 1 is 1.17 bits per heavy atom. The topological polar surface area (TPSA) is 83.1 Å². The van der Waals surface area contributed by atoms with E-state index in [-0.39, 0.29) is 18.0 Å². The van der Waals surface area contributed by atoms with Crippen LogP contribution in [0.2, 0.25) is 0 Å². The first-order chi connectivity index (χ1) is 11.6. The molecule has 1 aromatic heterocycles. The van der Waals surface area contributed by atoms with Gasteiger partial charge in [-0.2, -0.15) is 0 Å². The number of carbonyl (C=O) groups is 2. The molecular weight excluding hydrogens is 304 g/mol. The minimum atomic E-state index is -0.310. The Hall–Kier alpha value is -2.89. The molecule has 0 saturated carbocycles. The van der Waals surface area contributed by atoms with Gasteiger partial charge in [-0.1, -0.05) is 13.0 Å². The Morgan fingerprint density at radius 3 is 2.54 bits per heavy atom. The molecular formula is C18H22N4O2. The number of rotatable bonds is 6. The molecule has 0 aliphatic heterocycles. The number of hydrogen-bond acceptors (Lipinski definition) is 3. The third kappa shape index (κ3) is 5.39. The third-order valence-corrected chi connectivity index (χ3v) is 3.57. The first-order valence-corrected chi connectivity index (χ1v) is 7.93. The molecule has 0 unspecified atom stereocenters. The van der Waals surface area contributed by atoms with Crippen LogP contribution in [0.5, 0.6) is 0 Å². The predicted molar refractivity (Wildman–Crippen MR) is 93.8 cm³/mol. The summed E-state index contributed by atoms with van der Waals surface area (Å²) in [4.78, 5) is 27.8. The Kier molecular flexibility index (Phi) is 6.31. The summed E-state index contributed by atoms with van der Waals surface area (Å²) in [5.41, 5.74) is 2.11. The minimum Gasteiger partial charge on any atom is -0.350 e. The second-order valence-corrected chi connectivity index (χ2v) is 5.53. The van der Waals surface area contributed by atoms with Crippen LogP contribution in [0.3, 0.4) is 0 Å². The molecule has 126 valence electrons. The maximum absolute atomic E-state index is 12.0. The van der Waals surface area contributed by atoms with Crippen LogP contribution in [-0.4, -0.2) is 23.0 Å². The van der Waals surface area contributed by atoms with E-state index in [0.717, 1.165) is 12.0 Å². The van der Waals surface area contributed by atoms with Gasteiger partial charge >= 0.3 is 6.03 Å². The zero-order valence-electron chi connectivity index (χ0n) is 13.9. The third-order valence-electron chi connectivity index (χ3n) is 3.57. The van der Waals surface area contributed by atoms with E-state index >= 15 is 0 Å². The van der Waals surface area contributed by atoms with Gasteiger partial charge in [0.05, 0.1) is 0 Å². The van der Waals surface area contributed by atoms with E-state index in [9.17, 15) is 9.59 Å². The van der Waals surface area contributed by atoms with Gasteiger partial charge in [0.2, 0.25) is 0 Å². The quantitative estimate of drug-likeness (QED) is 0.763. The van der Waals surface area contributed by atoms with Crippen LogP contribution in [0.15, 0.2) is 48.8 Å². The van der Waals surface area contributed by atoms with E-state index in [1.807, 2.05) is 26.0 Å². The van der Waals surface area contributed by atoms with Gasteiger partial charge in [0.15, 0.2) is 0 Å². The highest BCUT2D eigenvalue weighted by atomic mass is 16.2. The highest BCUT2D eigenvalue weighted by molar-refractivity contribution is 5.95. The Labute approximate surface area is 141 Å². The van der Waals surface area contributed by atoms with Crippen LogP contribution in [0.1, 0.15) is 36.2 Å². The fourth-order valence-electron chi connectivity index (χ4n) is 1.97. The van der Waals surface area contributed by atoms with Gasteiger partial charge in [-0.25, -0.2) is 4.79 Å². The number of hydrogen-bond donors (Lipinski definition) is 3. The monoisotopic (exact) mass is 326 g/mol. The van der Waals surface area contributed by atoms with Crippen LogP contribution >= 0.6 is 0 Å². The molecule has 0 aliphatic carbocycles. The van der Waals surface area contributed by atoms with Gasteiger partial charge in [0.25, 0.3) is 5.91 Å². The summed E-state index contributed by atoms with van der Waals surface area (Å²) in [5, 5.41) is 8.38. The maximum Gasteiger partial charge on any atom is 0.319 e. The molecule has 1 heterocycles. The Balaban J connectivity index is 1.84. The molecule has 2 aromatic rings. The van der Waals surface area contributed by atoms with Crippen LogP contribution in [-0.2, 0) is 6.54 Å². The SMILES string of the molecule is CC[C@H](C)NC(=O)c1ccc(NC(=O)NCc2cccnc2)cc1. The van der Waals surface area contributed by atoms with Gasteiger partial charge in [-0.15, -0.1) is 0 Å². The maximum atomic E-state index is 12.0. The number of benzene rings is 1. The number of carbonyl (C=O) groups excluding carboxylic acids is 2. The van der Waals surface area contributed by atoms with Crippen LogP contribution in [0, 0.1) is 0 Å². The molecule has 3 amide bonds. The molecule has 0 bridgehead atoms. The fourth-order valence-corrected chi connectivity index (χ4v) is 1.97. The lowest BCUT2D eigenvalue weighted by Crippen LogP contribution is -2.32.